The van der Waals surface area contributed by atoms with E-state index in [-0.39, 0.29) is 5.54 Å². The van der Waals surface area contributed by atoms with Crippen molar-refractivity contribution < 1.29 is 0 Å². The normalized spacial score (nSPS) is 11.8. The number of hydrogen-bond donors (Lipinski definition) is 1. The first-order valence-corrected chi connectivity index (χ1v) is 6.05. The van der Waals surface area contributed by atoms with E-state index in [9.17, 15) is 0 Å². The molecule has 0 saturated heterocycles. The predicted molar refractivity (Wildman–Crippen MR) is 67.7 cm³/mol. The summed E-state index contributed by atoms with van der Waals surface area (Å²) in [5.41, 5.74) is 2.08. The van der Waals surface area contributed by atoms with Crippen LogP contribution in [-0.4, -0.2) is 20.3 Å². The monoisotopic (exact) mass is 236 g/mol. The van der Waals surface area contributed by atoms with E-state index in [0.717, 1.165) is 16.4 Å². The van der Waals surface area contributed by atoms with Gasteiger partial charge in [0.05, 0.1) is 11.9 Å². The van der Waals surface area contributed by atoms with E-state index in [1.54, 1.807) is 16.0 Å². The van der Waals surface area contributed by atoms with Crippen LogP contribution in [0.15, 0.2) is 17.8 Å². The van der Waals surface area contributed by atoms with Crippen molar-refractivity contribution in [3.63, 3.8) is 0 Å². The fourth-order valence-corrected chi connectivity index (χ4v) is 2.27. The molecule has 0 aliphatic heterocycles. The van der Waals surface area contributed by atoms with Gasteiger partial charge in [0.2, 0.25) is 0 Å². The highest BCUT2D eigenvalue weighted by molar-refractivity contribution is 7.14. The van der Waals surface area contributed by atoms with Gasteiger partial charge in [-0.1, -0.05) is 0 Å². The second kappa shape index (κ2) is 3.90. The van der Waals surface area contributed by atoms with E-state index in [1.807, 2.05) is 24.8 Å². The molecule has 2 aromatic heterocycles. The van der Waals surface area contributed by atoms with E-state index in [1.165, 1.54) is 0 Å². The Morgan fingerprint density at radius 2 is 2.12 bits per heavy atom. The summed E-state index contributed by atoms with van der Waals surface area (Å²) in [7, 11) is 1.91. The number of anilines is 1. The number of hydrogen-bond acceptors (Lipinski definition) is 4. The van der Waals surface area contributed by atoms with Crippen molar-refractivity contribution in [2.75, 3.05) is 5.32 Å². The minimum absolute atomic E-state index is 0.0457. The van der Waals surface area contributed by atoms with Gasteiger partial charge < -0.3 is 5.32 Å². The maximum Gasteiger partial charge on any atom is 0.183 e. The van der Waals surface area contributed by atoms with Crippen LogP contribution < -0.4 is 5.32 Å². The zero-order chi connectivity index (χ0) is 11.8. The van der Waals surface area contributed by atoms with Gasteiger partial charge in [-0.05, 0) is 20.8 Å². The molecule has 1 N–H and O–H groups in total. The zero-order valence-electron chi connectivity index (χ0n) is 9.98. The highest BCUT2D eigenvalue weighted by Crippen LogP contribution is 2.26. The van der Waals surface area contributed by atoms with Crippen LogP contribution in [0.3, 0.4) is 0 Å². The van der Waals surface area contributed by atoms with E-state index in [2.05, 4.69) is 36.2 Å². The summed E-state index contributed by atoms with van der Waals surface area (Å²) in [4.78, 5) is 4.53. The lowest BCUT2D eigenvalue weighted by atomic mass is 10.1. The molecule has 2 heterocycles. The summed E-state index contributed by atoms with van der Waals surface area (Å²) < 4.78 is 1.78. The van der Waals surface area contributed by atoms with Crippen LogP contribution in [0, 0.1) is 0 Å². The van der Waals surface area contributed by atoms with Crippen molar-refractivity contribution in [3.8, 4) is 11.3 Å². The van der Waals surface area contributed by atoms with Crippen LogP contribution in [-0.2, 0) is 7.05 Å². The highest BCUT2D eigenvalue weighted by Gasteiger charge is 2.12. The van der Waals surface area contributed by atoms with E-state index in [4.69, 9.17) is 0 Å². The van der Waals surface area contributed by atoms with Gasteiger partial charge in [-0.3, -0.25) is 4.68 Å². The largest absolute Gasteiger partial charge is 0.357 e. The number of thiazole rings is 1. The lowest BCUT2D eigenvalue weighted by Crippen LogP contribution is -2.25. The van der Waals surface area contributed by atoms with Gasteiger partial charge in [0.1, 0.15) is 0 Å². The van der Waals surface area contributed by atoms with Gasteiger partial charge in [-0.15, -0.1) is 11.3 Å². The Balaban J connectivity index is 2.20. The second-order valence-corrected chi connectivity index (χ2v) is 5.67. The molecule has 0 amide bonds. The maximum absolute atomic E-state index is 4.53. The molecule has 0 fully saturated rings. The maximum atomic E-state index is 4.53. The van der Waals surface area contributed by atoms with E-state index < -0.39 is 0 Å². The minimum Gasteiger partial charge on any atom is -0.357 e. The first-order chi connectivity index (χ1) is 7.44. The van der Waals surface area contributed by atoms with Gasteiger partial charge in [0, 0.05) is 29.7 Å². The van der Waals surface area contributed by atoms with Crippen molar-refractivity contribution in [3.05, 3.63) is 17.8 Å². The minimum atomic E-state index is 0.0457. The smallest absolute Gasteiger partial charge is 0.183 e. The molecular weight excluding hydrogens is 220 g/mol. The SMILES string of the molecule is Cn1cc(-c2csc(NC(C)(C)C)n2)cn1. The highest BCUT2D eigenvalue weighted by atomic mass is 32.1. The van der Waals surface area contributed by atoms with E-state index >= 15 is 0 Å². The van der Waals surface area contributed by atoms with E-state index in [0.29, 0.717) is 0 Å². The fraction of sp³-hybridized carbons (Fsp3) is 0.455. The number of rotatable bonds is 2. The molecule has 0 saturated carbocycles. The van der Waals surface area contributed by atoms with Crippen molar-refractivity contribution in [1.82, 2.24) is 14.8 Å². The summed E-state index contributed by atoms with van der Waals surface area (Å²) in [5, 5.41) is 10.5. The molecule has 0 spiro atoms. The molecule has 0 aliphatic carbocycles. The van der Waals surface area contributed by atoms with Crippen molar-refractivity contribution in [1.29, 1.82) is 0 Å². The fourth-order valence-electron chi connectivity index (χ4n) is 1.34. The third-order valence-corrected chi connectivity index (χ3v) is 2.74. The van der Waals surface area contributed by atoms with Crippen molar-refractivity contribution in [2.24, 2.45) is 7.05 Å². The lowest BCUT2D eigenvalue weighted by Gasteiger charge is -2.19. The second-order valence-electron chi connectivity index (χ2n) is 4.82. The third-order valence-electron chi connectivity index (χ3n) is 1.99. The number of nitrogens with one attached hydrogen (secondary N) is 1. The number of nitrogens with zero attached hydrogens (tertiary/aromatic N) is 3. The van der Waals surface area contributed by atoms with Crippen LogP contribution in [0.4, 0.5) is 5.13 Å². The summed E-state index contributed by atoms with van der Waals surface area (Å²) in [5.74, 6) is 0. The summed E-state index contributed by atoms with van der Waals surface area (Å²) in [6.45, 7) is 6.37. The molecule has 4 nitrogen and oxygen atoms in total. The number of aromatic nitrogens is 3. The molecule has 0 aromatic carbocycles. The first kappa shape index (κ1) is 11.1. The summed E-state index contributed by atoms with van der Waals surface area (Å²) >= 11 is 1.62. The Bertz CT molecular complexity index is 478. The third kappa shape index (κ3) is 2.61. The van der Waals surface area contributed by atoms with Crippen LogP contribution in [0.2, 0.25) is 0 Å². The Kier molecular flexibility index (Phi) is 2.71. The molecular formula is C11H16N4S. The molecule has 0 radical (unpaired) electrons. The summed E-state index contributed by atoms with van der Waals surface area (Å²) in [6, 6.07) is 0. The molecule has 86 valence electrons. The molecule has 0 atom stereocenters. The van der Waals surface area contributed by atoms with Crippen LogP contribution in [0.5, 0.6) is 0 Å². The predicted octanol–water partition coefficient (Wildman–Crippen LogP) is 2.75. The Labute approximate surface area is 99.3 Å². The average molecular weight is 236 g/mol. The molecule has 2 rings (SSSR count). The lowest BCUT2D eigenvalue weighted by molar-refractivity contribution is 0.633. The quantitative estimate of drug-likeness (QED) is 0.872. The summed E-state index contributed by atoms with van der Waals surface area (Å²) in [6.07, 6.45) is 3.80. The molecule has 0 bridgehead atoms. The van der Waals surface area contributed by atoms with Gasteiger partial charge in [-0.25, -0.2) is 4.98 Å². The topological polar surface area (TPSA) is 42.7 Å². The molecule has 2 aromatic rings. The van der Waals surface area contributed by atoms with Gasteiger partial charge in [0.25, 0.3) is 0 Å². The Morgan fingerprint density at radius 3 is 2.69 bits per heavy atom. The van der Waals surface area contributed by atoms with Crippen LogP contribution in [0.25, 0.3) is 11.3 Å². The standard InChI is InChI=1S/C11H16N4S/c1-11(2,3)14-10-13-9(7-16-10)8-5-12-15(4)6-8/h5-7H,1-4H3,(H,13,14). The Hall–Kier alpha value is -1.36. The van der Waals surface area contributed by atoms with Crippen molar-refractivity contribution in [2.45, 2.75) is 26.3 Å². The number of aryl methyl sites for hydroxylation is 1. The zero-order valence-corrected chi connectivity index (χ0v) is 10.8. The molecule has 16 heavy (non-hydrogen) atoms. The van der Waals surface area contributed by atoms with Gasteiger partial charge in [0.15, 0.2) is 5.13 Å². The van der Waals surface area contributed by atoms with Crippen LogP contribution in [0.1, 0.15) is 20.8 Å². The average Bonchev–Trinajstić information content (AvgIpc) is 2.71. The Morgan fingerprint density at radius 1 is 1.38 bits per heavy atom. The van der Waals surface area contributed by atoms with Gasteiger partial charge >= 0.3 is 0 Å². The van der Waals surface area contributed by atoms with Gasteiger partial charge in [-0.2, -0.15) is 5.10 Å². The molecule has 5 heteroatoms. The first-order valence-electron chi connectivity index (χ1n) is 5.17. The molecule has 0 aliphatic rings. The van der Waals surface area contributed by atoms with Crippen LogP contribution >= 0.6 is 11.3 Å². The molecule has 0 unspecified atom stereocenters. The van der Waals surface area contributed by atoms with Crippen molar-refractivity contribution >= 4 is 16.5 Å².